The fraction of sp³-hybridized carbons (Fsp3) is 0.739. The van der Waals surface area contributed by atoms with Crippen LogP contribution < -0.4 is 17.1 Å². The first-order valence-electron chi connectivity index (χ1n) is 10.7. The molecule has 2 unspecified atom stereocenters. The number of quaternary nitrogens is 1. The molecule has 0 saturated heterocycles. The maximum absolute atomic E-state index is 9.82. The van der Waals surface area contributed by atoms with Gasteiger partial charge in [0, 0.05) is 13.0 Å². The van der Waals surface area contributed by atoms with Gasteiger partial charge in [0.2, 0.25) is 6.23 Å². The van der Waals surface area contributed by atoms with Crippen LogP contribution in [0.25, 0.3) is 0 Å². The van der Waals surface area contributed by atoms with Crippen molar-refractivity contribution in [2.24, 2.45) is 0 Å². The lowest BCUT2D eigenvalue weighted by atomic mass is 10.1. The molecule has 0 heterocycles. The molecule has 0 saturated carbocycles. The molecule has 166 valence electrons. The third-order valence-electron chi connectivity index (χ3n) is 4.58. The van der Waals surface area contributed by atoms with Crippen molar-refractivity contribution >= 4 is 0 Å². The Kier molecular flexibility index (Phi) is 19.1. The smallest absolute Gasteiger partial charge is 0.233 e. The van der Waals surface area contributed by atoms with Gasteiger partial charge in [-0.25, -0.2) is 0 Å². The van der Waals surface area contributed by atoms with E-state index >= 15 is 0 Å². The van der Waals surface area contributed by atoms with Gasteiger partial charge >= 0.3 is 0 Å². The average molecular weight is 418 g/mol. The van der Waals surface area contributed by atoms with Crippen LogP contribution in [0, 0.1) is 0 Å². The van der Waals surface area contributed by atoms with E-state index in [9.17, 15) is 5.11 Å². The molecule has 0 bridgehead atoms. The van der Waals surface area contributed by atoms with Gasteiger partial charge in [-0.1, -0.05) is 63.6 Å². The Bertz CT molecular complexity index is 441. The second-order valence-electron chi connectivity index (χ2n) is 7.92. The SMILES string of the molecule is CCCCCCCCCC(Oc1ccccc1)[N+](C)(C)CC(C)O.CCO.[Cl-]. The largest absolute Gasteiger partial charge is 1.00 e. The van der Waals surface area contributed by atoms with Crippen molar-refractivity contribution in [3.8, 4) is 5.75 Å². The van der Waals surface area contributed by atoms with E-state index in [1.54, 1.807) is 6.92 Å². The van der Waals surface area contributed by atoms with Crippen LogP contribution >= 0.6 is 0 Å². The molecule has 0 aliphatic carbocycles. The van der Waals surface area contributed by atoms with Crippen molar-refractivity contribution in [1.82, 2.24) is 0 Å². The van der Waals surface area contributed by atoms with Crippen LogP contribution in [-0.4, -0.2) is 54.3 Å². The molecule has 1 aromatic rings. The first-order valence-corrected chi connectivity index (χ1v) is 10.7. The van der Waals surface area contributed by atoms with Crippen LogP contribution in [0.1, 0.15) is 72.1 Å². The first-order chi connectivity index (χ1) is 12.9. The van der Waals surface area contributed by atoms with Crippen LogP contribution in [0.15, 0.2) is 30.3 Å². The average Bonchev–Trinajstić information content (AvgIpc) is 2.60. The number of ether oxygens (including phenoxy) is 1. The molecule has 2 atom stereocenters. The molecular weight excluding hydrogens is 374 g/mol. The summed E-state index contributed by atoms with van der Waals surface area (Å²) in [6, 6.07) is 10.1. The number of hydrogen-bond acceptors (Lipinski definition) is 3. The van der Waals surface area contributed by atoms with Gasteiger partial charge in [-0.3, -0.25) is 4.48 Å². The molecule has 4 nitrogen and oxygen atoms in total. The third kappa shape index (κ3) is 15.2. The molecule has 1 aromatic carbocycles. The van der Waals surface area contributed by atoms with Gasteiger partial charge in [0.05, 0.1) is 14.1 Å². The lowest BCUT2D eigenvalue weighted by Gasteiger charge is -2.38. The van der Waals surface area contributed by atoms with E-state index in [4.69, 9.17) is 9.84 Å². The Balaban J connectivity index is 0. The lowest BCUT2D eigenvalue weighted by Crippen LogP contribution is -3.00. The quantitative estimate of drug-likeness (QED) is 0.293. The highest BCUT2D eigenvalue weighted by molar-refractivity contribution is 5.21. The van der Waals surface area contributed by atoms with Gasteiger partial charge in [-0.15, -0.1) is 0 Å². The van der Waals surface area contributed by atoms with E-state index in [0.29, 0.717) is 11.0 Å². The summed E-state index contributed by atoms with van der Waals surface area (Å²) in [6.45, 7) is 6.75. The molecule has 5 heteroatoms. The second-order valence-corrected chi connectivity index (χ2v) is 7.92. The van der Waals surface area contributed by atoms with Crippen molar-refractivity contribution < 1.29 is 31.8 Å². The minimum absolute atomic E-state index is 0. The van der Waals surface area contributed by atoms with E-state index in [1.165, 1.54) is 44.9 Å². The molecule has 28 heavy (non-hydrogen) atoms. The van der Waals surface area contributed by atoms with Crippen LogP contribution in [-0.2, 0) is 0 Å². The fourth-order valence-corrected chi connectivity index (χ4v) is 3.28. The highest BCUT2D eigenvalue weighted by Crippen LogP contribution is 2.21. The molecule has 0 aromatic heterocycles. The Morgan fingerprint density at radius 3 is 1.93 bits per heavy atom. The van der Waals surface area contributed by atoms with Crippen molar-refractivity contribution in [3.63, 3.8) is 0 Å². The van der Waals surface area contributed by atoms with Gasteiger partial charge in [0.25, 0.3) is 0 Å². The molecule has 0 fully saturated rings. The minimum Gasteiger partial charge on any atom is -1.00 e. The summed E-state index contributed by atoms with van der Waals surface area (Å²) in [5.41, 5.74) is 0. The van der Waals surface area contributed by atoms with Crippen molar-refractivity contribution in [1.29, 1.82) is 0 Å². The Morgan fingerprint density at radius 1 is 0.929 bits per heavy atom. The Labute approximate surface area is 179 Å². The van der Waals surface area contributed by atoms with Gasteiger partial charge in [-0.2, -0.15) is 0 Å². The topological polar surface area (TPSA) is 49.7 Å². The normalized spacial score (nSPS) is 13.0. The number of benzene rings is 1. The van der Waals surface area contributed by atoms with Crippen molar-refractivity contribution in [2.45, 2.75) is 84.5 Å². The monoisotopic (exact) mass is 417 g/mol. The summed E-state index contributed by atoms with van der Waals surface area (Å²) in [4.78, 5) is 0. The number of likely N-dealkylation sites (N-methyl/N-ethyl adjacent to an activating group) is 1. The number of aliphatic hydroxyl groups excluding tert-OH is 2. The highest BCUT2D eigenvalue weighted by atomic mass is 35.5. The van der Waals surface area contributed by atoms with Gasteiger partial charge in [0.1, 0.15) is 18.4 Å². The number of rotatable bonds is 13. The predicted octanol–water partition coefficient (Wildman–Crippen LogP) is 1.99. The summed E-state index contributed by atoms with van der Waals surface area (Å²) in [5, 5.41) is 17.4. The summed E-state index contributed by atoms with van der Waals surface area (Å²) in [5.74, 6) is 0.919. The molecule has 0 radical (unpaired) electrons. The Hall–Kier alpha value is -0.810. The zero-order valence-electron chi connectivity index (χ0n) is 18.7. The van der Waals surface area contributed by atoms with E-state index in [1.807, 2.05) is 37.3 Å². The minimum atomic E-state index is -0.323. The summed E-state index contributed by atoms with van der Waals surface area (Å²) in [7, 11) is 4.31. The van der Waals surface area contributed by atoms with E-state index in [-0.39, 0.29) is 31.3 Å². The number of para-hydroxylation sites is 1. The number of nitrogens with zero attached hydrogens (tertiary/aromatic N) is 1. The molecule has 2 N–H and O–H groups in total. The van der Waals surface area contributed by atoms with E-state index < -0.39 is 0 Å². The summed E-state index contributed by atoms with van der Waals surface area (Å²) >= 11 is 0. The first kappa shape index (κ1) is 29.4. The van der Waals surface area contributed by atoms with Crippen LogP contribution in [0.3, 0.4) is 0 Å². The van der Waals surface area contributed by atoms with Crippen molar-refractivity contribution in [2.75, 3.05) is 27.2 Å². The van der Waals surface area contributed by atoms with E-state index in [2.05, 4.69) is 21.0 Å². The van der Waals surface area contributed by atoms with E-state index in [0.717, 1.165) is 12.2 Å². The molecule has 0 aliphatic rings. The number of halogens is 1. The van der Waals surface area contributed by atoms with Gasteiger partial charge < -0.3 is 27.4 Å². The molecule has 0 amide bonds. The van der Waals surface area contributed by atoms with Crippen molar-refractivity contribution in [3.05, 3.63) is 30.3 Å². The molecular formula is C23H44ClNO3. The fourth-order valence-electron chi connectivity index (χ4n) is 3.28. The molecule has 0 aliphatic heterocycles. The van der Waals surface area contributed by atoms with Crippen LogP contribution in [0.5, 0.6) is 5.75 Å². The van der Waals surface area contributed by atoms with Crippen LogP contribution in [0.2, 0.25) is 0 Å². The third-order valence-corrected chi connectivity index (χ3v) is 4.58. The summed E-state index contributed by atoms with van der Waals surface area (Å²) in [6.07, 6.45) is 9.94. The van der Waals surface area contributed by atoms with Gasteiger partial charge in [-0.05, 0) is 32.4 Å². The standard InChI is InChI=1S/C21H38NO2.C2H6O.ClH/c1-5-6-7-8-9-10-14-17-21(22(3,4)18-19(2)23)24-20-15-12-11-13-16-20;1-2-3;/h11-13,15-16,19,21,23H,5-10,14,17-18H2,1-4H3;3H,2H2,1H3;1H/q+1;;/p-1. The number of aliphatic hydroxyl groups is 2. The Morgan fingerprint density at radius 2 is 1.43 bits per heavy atom. The van der Waals surface area contributed by atoms with Gasteiger partial charge in [0.15, 0.2) is 0 Å². The predicted molar refractivity (Wildman–Crippen MR) is 115 cm³/mol. The van der Waals surface area contributed by atoms with Crippen LogP contribution in [0.4, 0.5) is 0 Å². The summed E-state index contributed by atoms with van der Waals surface area (Å²) < 4.78 is 6.97. The highest BCUT2D eigenvalue weighted by Gasteiger charge is 2.31. The molecule has 1 rings (SSSR count). The molecule has 0 spiro atoms. The number of hydrogen-bond donors (Lipinski definition) is 2. The maximum Gasteiger partial charge on any atom is 0.233 e. The lowest BCUT2D eigenvalue weighted by molar-refractivity contribution is -0.936. The zero-order chi connectivity index (χ0) is 20.5. The zero-order valence-corrected chi connectivity index (χ0v) is 19.5. The maximum atomic E-state index is 9.82. The second kappa shape index (κ2) is 18.2. The number of unbranched alkanes of at least 4 members (excludes halogenated alkanes) is 6.